The average Bonchev–Trinajstić information content (AvgIpc) is 3.60. The maximum Gasteiger partial charge on any atom is 0.421 e. The van der Waals surface area contributed by atoms with Crippen LogP contribution in [0.3, 0.4) is 0 Å². The molecule has 2 N–H and O–H groups in total. The van der Waals surface area contributed by atoms with Gasteiger partial charge in [0, 0.05) is 69.9 Å². The third-order valence-electron chi connectivity index (χ3n) is 8.48. The van der Waals surface area contributed by atoms with Crippen LogP contribution in [0, 0.1) is 0 Å². The van der Waals surface area contributed by atoms with Gasteiger partial charge in [0.2, 0.25) is 5.95 Å². The number of nitrogens with zero attached hydrogens (tertiary/aromatic N) is 6. The molecule has 0 radical (unpaired) electrons. The molecule has 0 spiro atoms. The lowest BCUT2D eigenvalue weighted by molar-refractivity contribution is -0.137. The van der Waals surface area contributed by atoms with Crippen molar-refractivity contribution in [1.29, 1.82) is 0 Å². The number of alkyl halides is 3. The number of hydrogen-bond acceptors (Lipinski definition) is 7. The Kier molecular flexibility index (Phi) is 7.37. The van der Waals surface area contributed by atoms with Crippen LogP contribution in [-0.4, -0.2) is 96.1 Å². The van der Waals surface area contributed by atoms with Crippen LogP contribution in [0.15, 0.2) is 24.4 Å². The number of likely N-dealkylation sites (N-methyl/N-ethyl adjacent to an activating group) is 1. The van der Waals surface area contributed by atoms with Crippen molar-refractivity contribution in [2.45, 2.75) is 50.2 Å². The quantitative estimate of drug-likeness (QED) is 0.437. The van der Waals surface area contributed by atoms with Crippen molar-refractivity contribution in [2.75, 3.05) is 74.9 Å². The average molecular weight is 559 g/mol. The molecule has 4 heterocycles. The number of aromatic nitrogens is 2. The van der Waals surface area contributed by atoms with E-state index in [0.717, 1.165) is 75.9 Å². The van der Waals surface area contributed by atoms with Crippen molar-refractivity contribution >= 4 is 29.2 Å². The van der Waals surface area contributed by atoms with Crippen molar-refractivity contribution < 1.29 is 18.0 Å². The highest BCUT2D eigenvalue weighted by Crippen LogP contribution is 2.45. The summed E-state index contributed by atoms with van der Waals surface area (Å²) < 4.78 is 41.3. The first-order valence-electron chi connectivity index (χ1n) is 14.3. The van der Waals surface area contributed by atoms with Gasteiger partial charge in [-0.05, 0) is 68.8 Å². The fourth-order valence-corrected chi connectivity index (χ4v) is 6.02. The van der Waals surface area contributed by atoms with Gasteiger partial charge in [0.25, 0.3) is 0 Å². The summed E-state index contributed by atoms with van der Waals surface area (Å²) >= 11 is 0. The number of urea groups is 1. The van der Waals surface area contributed by atoms with Crippen molar-refractivity contribution in [3.63, 3.8) is 0 Å². The Morgan fingerprint density at radius 1 is 1.07 bits per heavy atom. The molecule has 6 rings (SSSR count). The van der Waals surface area contributed by atoms with Crippen LogP contribution in [0.2, 0.25) is 0 Å². The number of nitrogens with one attached hydrogen (secondary N) is 2. The SMILES string of the molecule is CN1CCN(c2ccc(Nc3ncc(C(F)(F)F)c(NCCCN4C[C@H]5CCCN5C4=O)n3)c(C3CC3)c2)CC1. The first-order chi connectivity index (χ1) is 19.3. The summed E-state index contributed by atoms with van der Waals surface area (Å²) in [6.07, 6.45) is 1.03. The third-order valence-corrected chi connectivity index (χ3v) is 8.48. The van der Waals surface area contributed by atoms with E-state index in [9.17, 15) is 18.0 Å². The van der Waals surface area contributed by atoms with E-state index >= 15 is 0 Å². The summed E-state index contributed by atoms with van der Waals surface area (Å²) in [6, 6.07) is 6.58. The van der Waals surface area contributed by atoms with Crippen LogP contribution in [0.1, 0.15) is 49.1 Å². The number of rotatable bonds is 9. The fourth-order valence-electron chi connectivity index (χ4n) is 6.02. The van der Waals surface area contributed by atoms with Crippen LogP contribution >= 0.6 is 0 Å². The molecule has 0 bridgehead atoms. The van der Waals surface area contributed by atoms with E-state index < -0.39 is 11.7 Å². The van der Waals surface area contributed by atoms with Crippen molar-refractivity contribution in [3.8, 4) is 0 Å². The van der Waals surface area contributed by atoms with Gasteiger partial charge in [-0.3, -0.25) is 0 Å². The number of benzene rings is 1. The predicted molar refractivity (Wildman–Crippen MR) is 148 cm³/mol. The number of amides is 2. The van der Waals surface area contributed by atoms with Crippen LogP contribution in [0.5, 0.6) is 0 Å². The highest BCUT2D eigenvalue weighted by Gasteiger charge is 2.39. The minimum atomic E-state index is -4.58. The van der Waals surface area contributed by atoms with Gasteiger partial charge in [0.05, 0.1) is 6.04 Å². The van der Waals surface area contributed by atoms with Gasteiger partial charge in [-0.15, -0.1) is 0 Å². The maximum atomic E-state index is 13.8. The highest BCUT2D eigenvalue weighted by molar-refractivity contribution is 5.77. The molecule has 4 aliphatic rings. The molecule has 216 valence electrons. The topological polar surface area (TPSA) is 79.9 Å². The Morgan fingerprint density at radius 2 is 1.88 bits per heavy atom. The number of piperazine rings is 1. The Balaban J connectivity index is 1.13. The van der Waals surface area contributed by atoms with Gasteiger partial charge >= 0.3 is 12.2 Å². The first kappa shape index (κ1) is 26.9. The van der Waals surface area contributed by atoms with Crippen molar-refractivity contribution in [1.82, 2.24) is 24.7 Å². The van der Waals surface area contributed by atoms with Crippen molar-refractivity contribution in [3.05, 3.63) is 35.5 Å². The van der Waals surface area contributed by atoms with Gasteiger partial charge < -0.3 is 30.2 Å². The number of carbonyl (C=O) groups is 1. The molecule has 0 unspecified atom stereocenters. The van der Waals surface area contributed by atoms with Crippen molar-refractivity contribution in [2.24, 2.45) is 0 Å². The molecule has 1 atom stereocenters. The van der Waals surface area contributed by atoms with Gasteiger partial charge in [-0.25, -0.2) is 9.78 Å². The van der Waals surface area contributed by atoms with Gasteiger partial charge in [0.1, 0.15) is 11.4 Å². The number of halogens is 3. The second-order valence-corrected chi connectivity index (χ2v) is 11.4. The summed E-state index contributed by atoms with van der Waals surface area (Å²) in [5.41, 5.74) is 2.27. The number of hydrogen-bond donors (Lipinski definition) is 2. The molecule has 1 saturated carbocycles. The summed E-state index contributed by atoms with van der Waals surface area (Å²) in [7, 11) is 2.13. The zero-order valence-corrected chi connectivity index (χ0v) is 22.9. The van der Waals surface area contributed by atoms with E-state index in [1.807, 2.05) is 11.0 Å². The standard InChI is InChI=1S/C28H37F3N8O/c1-36-12-14-37(15-13-36)20-7-8-24(22(16-20)19-5-6-19)34-26-33-17-23(28(29,30)31)25(35-26)32-9-3-10-38-18-21-4-2-11-39(21)27(38)40/h7-8,16-17,19,21H,2-6,9-15,18H2,1H3,(H2,32,33,34,35)/t21-/m1/s1. The molecule has 1 aliphatic carbocycles. The normalized spacial score (nSPS) is 21.8. The van der Waals surface area contributed by atoms with Gasteiger partial charge in [-0.1, -0.05) is 0 Å². The van der Waals surface area contributed by atoms with E-state index in [4.69, 9.17) is 0 Å². The molecular weight excluding hydrogens is 521 g/mol. The van der Waals surface area contributed by atoms with E-state index in [1.165, 1.54) is 5.69 Å². The molecule has 3 saturated heterocycles. The molecular formula is C28H37F3N8O. The third kappa shape index (κ3) is 5.77. The highest BCUT2D eigenvalue weighted by atomic mass is 19.4. The first-order valence-corrected chi connectivity index (χ1v) is 14.3. The molecule has 40 heavy (non-hydrogen) atoms. The molecule has 12 heteroatoms. The summed E-state index contributed by atoms with van der Waals surface area (Å²) in [4.78, 5) is 29.2. The second kappa shape index (κ2) is 10.9. The molecule has 1 aromatic carbocycles. The number of carbonyl (C=O) groups excluding carboxylic acids is 1. The lowest BCUT2D eigenvalue weighted by Gasteiger charge is -2.34. The fraction of sp³-hybridized carbons (Fsp3) is 0.607. The molecule has 1 aromatic heterocycles. The van der Waals surface area contributed by atoms with Gasteiger partial charge in [-0.2, -0.15) is 18.2 Å². The summed E-state index contributed by atoms with van der Waals surface area (Å²) in [6.45, 7) is 6.23. The monoisotopic (exact) mass is 558 g/mol. The second-order valence-electron chi connectivity index (χ2n) is 11.4. The molecule has 4 fully saturated rings. The zero-order chi connectivity index (χ0) is 27.9. The van der Waals surface area contributed by atoms with E-state index in [1.54, 1.807) is 4.90 Å². The summed E-state index contributed by atoms with van der Waals surface area (Å²) in [5, 5.41) is 6.07. The minimum Gasteiger partial charge on any atom is -0.369 e. The van der Waals surface area contributed by atoms with E-state index in [2.05, 4.69) is 49.6 Å². The van der Waals surface area contributed by atoms with Gasteiger partial charge in [0.15, 0.2) is 0 Å². The van der Waals surface area contributed by atoms with Crippen LogP contribution in [0.25, 0.3) is 0 Å². The zero-order valence-electron chi connectivity index (χ0n) is 22.9. The Bertz CT molecular complexity index is 1230. The minimum absolute atomic E-state index is 0.0390. The van der Waals surface area contributed by atoms with Crippen LogP contribution < -0.4 is 15.5 Å². The molecule has 2 aromatic rings. The largest absolute Gasteiger partial charge is 0.421 e. The lowest BCUT2D eigenvalue weighted by Crippen LogP contribution is -2.44. The van der Waals surface area contributed by atoms with E-state index in [0.29, 0.717) is 25.4 Å². The molecule has 2 amide bonds. The maximum absolute atomic E-state index is 13.8. The van der Waals surface area contributed by atoms with Crippen LogP contribution in [-0.2, 0) is 6.18 Å². The Labute approximate surface area is 232 Å². The number of anilines is 4. The molecule has 3 aliphatic heterocycles. The lowest BCUT2D eigenvalue weighted by atomic mass is 10.1. The predicted octanol–water partition coefficient (Wildman–Crippen LogP) is 4.57. The van der Waals surface area contributed by atoms with E-state index in [-0.39, 0.29) is 30.4 Å². The molecule has 9 nitrogen and oxygen atoms in total. The number of fused-ring (bicyclic) bond motifs is 1. The summed E-state index contributed by atoms with van der Waals surface area (Å²) in [5.74, 6) is 0.312. The smallest absolute Gasteiger partial charge is 0.369 e. The Hall–Kier alpha value is -3.28. The Morgan fingerprint density at radius 3 is 2.60 bits per heavy atom. The van der Waals surface area contributed by atoms with Crippen LogP contribution in [0.4, 0.5) is 41.1 Å².